The molecule has 1 aliphatic rings. The molecule has 5 nitrogen and oxygen atoms in total. The lowest BCUT2D eigenvalue weighted by Gasteiger charge is -2.35. The summed E-state index contributed by atoms with van der Waals surface area (Å²) in [5.41, 5.74) is 6.47. The minimum atomic E-state index is 0.224. The van der Waals surface area contributed by atoms with Crippen molar-refractivity contribution in [1.82, 2.24) is 9.97 Å². The minimum absolute atomic E-state index is 0.224. The molecule has 0 unspecified atom stereocenters. The van der Waals surface area contributed by atoms with Gasteiger partial charge in [-0.1, -0.05) is 0 Å². The number of hydrogen-bond acceptors (Lipinski definition) is 5. The van der Waals surface area contributed by atoms with Gasteiger partial charge in [0, 0.05) is 37.6 Å². The Bertz CT molecular complexity index is 330. The van der Waals surface area contributed by atoms with Crippen LogP contribution in [0.15, 0.2) is 12.4 Å². The van der Waals surface area contributed by atoms with Crippen LogP contribution in [0.3, 0.4) is 0 Å². The molecule has 2 N–H and O–H groups in total. The number of ether oxygens (including phenoxy) is 1. The van der Waals surface area contributed by atoms with Crippen molar-refractivity contribution in [3.8, 4) is 0 Å². The average molecular weight is 222 g/mol. The van der Waals surface area contributed by atoms with Gasteiger partial charge < -0.3 is 15.4 Å². The number of anilines is 1. The van der Waals surface area contributed by atoms with Gasteiger partial charge in [-0.25, -0.2) is 9.97 Å². The average Bonchev–Trinajstić information content (AvgIpc) is 2.28. The van der Waals surface area contributed by atoms with Crippen molar-refractivity contribution in [2.75, 3.05) is 18.0 Å². The quantitative estimate of drug-likeness (QED) is 0.791. The molecular weight excluding hydrogens is 204 g/mol. The third-order valence-corrected chi connectivity index (χ3v) is 2.63. The Kier molecular flexibility index (Phi) is 3.36. The van der Waals surface area contributed by atoms with E-state index in [1.807, 2.05) is 0 Å². The molecule has 0 aromatic carbocycles. The zero-order chi connectivity index (χ0) is 11.5. The fourth-order valence-electron chi connectivity index (χ4n) is 1.96. The number of hydrogen-bond donors (Lipinski definition) is 1. The van der Waals surface area contributed by atoms with E-state index >= 15 is 0 Å². The molecule has 0 aliphatic carbocycles. The molecule has 5 heteroatoms. The Morgan fingerprint density at radius 3 is 2.38 bits per heavy atom. The van der Waals surface area contributed by atoms with Crippen molar-refractivity contribution in [3.05, 3.63) is 18.0 Å². The zero-order valence-electron chi connectivity index (χ0n) is 9.76. The highest BCUT2D eigenvalue weighted by molar-refractivity contribution is 5.31. The lowest BCUT2D eigenvalue weighted by Crippen LogP contribution is -2.46. The van der Waals surface area contributed by atoms with Gasteiger partial charge in [-0.3, -0.25) is 0 Å². The maximum atomic E-state index is 5.67. The van der Waals surface area contributed by atoms with E-state index in [9.17, 15) is 0 Å². The van der Waals surface area contributed by atoms with Crippen LogP contribution >= 0.6 is 0 Å². The lowest BCUT2D eigenvalue weighted by atomic mass is 10.2. The molecule has 1 aromatic rings. The zero-order valence-corrected chi connectivity index (χ0v) is 9.76. The molecule has 16 heavy (non-hydrogen) atoms. The van der Waals surface area contributed by atoms with Crippen LogP contribution in [-0.2, 0) is 11.3 Å². The number of morpholine rings is 1. The summed E-state index contributed by atoms with van der Waals surface area (Å²) in [6, 6.07) is 0. The van der Waals surface area contributed by atoms with Crippen molar-refractivity contribution < 1.29 is 4.74 Å². The summed E-state index contributed by atoms with van der Waals surface area (Å²) in [5.74, 6) is 0.763. The van der Waals surface area contributed by atoms with E-state index in [-0.39, 0.29) is 12.2 Å². The first-order valence-corrected chi connectivity index (χ1v) is 5.60. The monoisotopic (exact) mass is 222 g/mol. The number of nitrogens with zero attached hydrogens (tertiary/aromatic N) is 3. The second-order valence-corrected chi connectivity index (χ2v) is 4.26. The fraction of sp³-hybridized carbons (Fsp3) is 0.636. The largest absolute Gasteiger partial charge is 0.372 e. The van der Waals surface area contributed by atoms with Crippen LogP contribution in [0.25, 0.3) is 0 Å². The fourth-order valence-corrected chi connectivity index (χ4v) is 1.96. The first kappa shape index (κ1) is 11.3. The van der Waals surface area contributed by atoms with Crippen molar-refractivity contribution in [2.24, 2.45) is 5.73 Å². The van der Waals surface area contributed by atoms with Crippen molar-refractivity contribution in [3.63, 3.8) is 0 Å². The first-order valence-electron chi connectivity index (χ1n) is 5.60. The van der Waals surface area contributed by atoms with E-state index in [1.54, 1.807) is 12.4 Å². The van der Waals surface area contributed by atoms with E-state index < -0.39 is 0 Å². The molecule has 1 aromatic heterocycles. The Morgan fingerprint density at radius 2 is 1.88 bits per heavy atom. The van der Waals surface area contributed by atoms with Gasteiger partial charge in [0.25, 0.3) is 0 Å². The van der Waals surface area contributed by atoms with Crippen LogP contribution in [0.2, 0.25) is 0 Å². The summed E-state index contributed by atoms with van der Waals surface area (Å²) in [4.78, 5) is 10.8. The number of aromatic nitrogens is 2. The maximum Gasteiger partial charge on any atom is 0.225 e. The Balaban J connectivity index is 2.10. The molecule has 0 saturated carbocycles. The van der Waals surface area contributed by atoms with E-state index in [0.717, 1.165) is 24.6 Å². The first-order chi connectivity index (χ1) is 7.69. The van der Waals surface area contributed by atoms with Crippen LogP contribution in [0.5, 0.6) is 0 Å². The topological polar surface area (TPSA) is 64.3 Å². The maximum absolute atomic E-state index is 5.67. The van der Waals surface area contributed by atoms with Crippen LogP contribution in [-0.4, -0.2) is 35.3 Å². The summed E-state index contributed by atoms with van der Waals surface area (Å²) in [5, 5.41) is 0. The molecule has 0 bridgehead atoms. The molecule has 2 heterocycles. The van der Waals surface area contributed by atoms with Gasteiger partial charge in [-0.05, 0) is 13.8 Å². The molecule has 2 rings (SSSR count). The summed E-state index contributed by atoms with van der Waals surface area (Å²) in [6.07, 6.45) is 4.02. The number of rotatable bonds is 2. The predicted octanol–water partition coefficient (Wildman–Crippen LogP) is 0.549. The highest BCUT2D eigenvalue weighted by atomic mass is 16.5. The molecule has 0 radical (unpaired) electrons. The van der Waals surface area contributed by atoms with Gasteiger partial charge in [0.1, 0.15) is 0 Å². The van der Waals surface area contributed by atoms with Crippen LogP contribution in [0.4, 0.5) is 5.95 Å². The van der Waals surface area contributed by atoms with Gasteiger partial charge in [0.05, 0.1) is 12.2 Å². The highest BCUT2D eigenvalue weighted by Crippen LogP contribution is 2.15. The van der Waals surface area contributed by atoms with Gasteiger partial charge in [-0.2, -0.15) is 0 Å². The molecule has 1 aliphatic heterocycles. The van der Waals surface area contributed by atoms with Crippen LogP contribution in [0.1, 0.15) is 19.4 Å². The summed E-state index contributed by atoms with van der Waals surface area (Å²) >= 11 is 0. The van der Waals surface area contributed by atoms with Gasteiger partial charge in [0.2, 0.25) is 5.95 Å². The SMILES string of the molecule is C[C@@H]1CN(c2ncc(CN)cn2)C[C@H](C)O1. The van der Waals surface area contributed by atoms with E-state index in [1.165, 1.54) is 0 Å². The van der Waals surface area contributed by atoms with E-state index in [2.05, 4.69) is 28.7 Å². The van der Waals surface area contributed by atoms with E-state index in [0.29, 0.717) is 6.54 Å². The highest BCUT2D eigenvalue weighted by Gasteiger charge is 2.23. The second kappa shape index (κ2) is 4.76. The summed E-state index contributed by atoms with van der Waals surface area (Å²) < 4.78 is 5.67. The molecule has 88 valence electrons. The van der Waals surface area contributed by atoms with Crippen LogP contribution < -0.4 is 10.6 Å². The molecule has 0 amide bonds. The lowest BCUT2D eigenvalue weighted by molar-refractivity contribution is -0.00572. The smallest absolute Gasteiger partial charge is 0.225 e. The van der Waals surface area contributed by atoms with Crippen LogP contribution in [0, 0.1) is 0 Å². The molecular formula is C11H18N4O. The van der Waals surface area contributed by atoms with Gasteiger partial charge >= 0.3 is 0 Å². The second-order valence-electron chi connectivity index (χ2n) is 4.26. The third-order valence-electron chi connectivity index (χ3n) is 2.63. The van der Waals surface area contributed by atoms with Crippen molar-refractivity contribution >= 4 is 5.95 Å². The Morgan fingerprint density at radius 1 is 1.31 bits per heavy atom. The third kappa shape index (κ3) is 2.48. The predicted molar refractivity (Wildman–Crippen MR) is 62.1 cm³/mol. The van der Waals surface area contributed by atoms with Gasteiger partial charge in [0.15, 0.2) is 0 Å². The van der Waals surface area contributed by atoms with Crippen molar-refractivity contribution in [2.45, 2.75) is 32.6 Å². The van der Waals surface area contributed by atoms with Crippen molar-refractivity contribution in [1.29, 1.82) is 0 Å². The van der Waals surface area contributed by atoms with E-state index in [4.69, 9.17) is 10.5 Å². The molecule has 1 saturated heterocycles. The Hall–Kier alpha value is -1.20. The standard InChI is InChI=1S/C11H18N4O/c1-8-6-15(7-9(2)16-8)11-13-4-10(3-12)5-14-11/h4-5,8-9H,3,6-7,12H2,1-2H3/t8-,9+. The number of nitrogens with two attached hydrogens (primary N) is 1. The summed E-state index contributed by atoms with van der Waals surface area (Å²) in [6.45, 7) is 6.29. The minimum Gasteiger partial charge on any atom is -0.372 e. The molecule has 1 fully saturated rings. The molecule has 0 spiro atoms. The van der Waals surface area contributed by atoms with Gasteiger partial charge in [-0.15, -0.1) is 0 Å². The Labute approximate surface area is 95.6 Å². The summed E-state index contributed by atoms with van der Waals surface area (Å²) in [7, 11) is 0. The molecule has 2 atom stereocenters. The normalized spacial score (nSPS) is 25.8.